The molecular weight excluding hydrogens is 224 g/mol. The smallest absolute Gasteiger partial charge is 0.137 e. The zero-order valence-corrected chi connectivity index (χ0v) is 10.5. The van der Waals surface area contributed by atoms with Crippen LogP contribution in [0.15, 0.2) is 30.3 Å². The van der Waals surface area contributed by atoms with Crippen molar-refractivity contribution in [3.63, 3.8) is 0 Å². The Kier molecular flexibility index (Phi) is 4.49. The van der Waals surface area contributed by atoms with Gasteiger partial charge in [0.05, 0.1) is 6.07 Å². The number of hydrogen-bond donors (Lipinski definition) is 0. The molecule has 18 heavy (non-hydrogen) atoms. The normalized spacial score (nSPS) is 19.1. The number of nitrogens with zero attached hydrogens (tertiary/aromatic N) is 2. The lowest BCUT2D eigenvalue weighted by Gasteiger charge is -2.32. The highest BCUT2D eigenvalue weighted by Crippen LogP contribution is 2.24. The van der Waals surface area contributed by atoms with E-state index in [0.717, 1.165) is 38.8 Å². The first-order chi connectivity index (χ1) is 8.83. The maximum atomic E-state index is 10.8. The minimum atomic E-state index is -0.413. The number of aldehydes is 1. The van der Waals surface area contributed by atoms with Crippen molar-refractivity contribution < 1.29 is 4.79 Å². The number of nitriles is 1. The van der Waals surface area contributed by atoms with Gasteiger partial charge in [0.25, 0.3) is 0 Å². The van der Waals surface area contributed by atoms with Crippen LogP contribution >= 0.6 is 0 Å². The lowest BCUT2D eigenvalue weighted by molar-refractivity contribution is -0.111. The quantitative estimate of drug-likeness (QED) is 0.760. The van der Waals surface area contributed by atoms with E-state index in [4.69, 9.17) is 5.26 Å². The van der Waals surface area contributed by atoms with E-state index < -0.39 is 5.92 Å². The van der Waals surface area contributed by atoms with Crippen molar-refractivity contribution in [3.05, 3.63) is 35.9 Å². The van der Waals surface area contributed by atoms with E-state index >= 15 is 0 Å². The Balaban J connectivity index is 1.84. The molecule has 0 aliphatic carbocycles. The third-order valence-electron chi connectivity index (χ3n) is 3.68. The first-order valence-corrected chi connectivity index (χ1v) is 6.44. The molecule has 1 atom stereocenters. The fourth-order valence-corrected chi connectivity index (χ4v) is 2.56. The summed E-state index contributed by atoms with van der Waals surface area (Å²) in [7, 11) is 0. The van der Waals surface area contributed by atoms with Gasteiger partial charge in [0.1, 0.15) is 12.2 Å². The maximum absolute atomic E-state index is 10.8. The Hall–Kier alpha value is -1.66. The summed E-state index contributed by atoms with van der Waals surface area (Å²) in [5, 5.41) is 8.88. The number of likely N-dealkylation sites (tertiary alicyclic amines) is 1. The summed E-state index contributed by atoms with van der Waals surface area (Å²) in [5.74, 6) is -0.164. The third-order valence-corrected chi connectivity index (χ3v) is 3.68. The highest BCUT2D eigenvalue weighted by Gasteiger charge is 2.25. The molecule has 0 N–H and O–H groups in total. The van der Waals surface area contributed by atoms with Crippen LogP contribution in [0.5, 0.6) is 0 Å². The van der Waals surface area contributed by atoms with E-state index in [-0.39, 0.29) is 5.92 Å². The Bertz CT molecular complexity index is 416. The largest absolute Gasteiger partial charge is 0.302 e. The van der Waals surface area contributed by atoms with Crippen molar-refractivity contribution in [2.75, 3.05) is 13.1 Å². The zero-order chi connectivity index (χ0) is 12.8. The molecule has 1 fully saturated rings. The molecule has 0 bridgehead atoms. The summed E-state index contributed by atoms with van der Waals surface area (Å²) >= 11 is 0. The van der Waals surface area contributed by atoms with Crippen LogP contribution in [0.25, 0.3) is 0 Å². The van der Waals surface area contributed by atoms with Gasteiger partial charge in [0, 0.05) is 6.54 Å². The van der Waals surface area contributed by atoms with Gasteiger partial charge in [-0.2, -0.15) is 5.26 Å². The number of hydrogen-bond acceptors (Lipinski definition) is 3. The second kappa shape index (κ2) is 6.32. The predicted molar refractivity (Wildman–Crippen MR) is 69.6 cm³/mol. The van der Waals surface area contributed by atoms with E-state index in [2.05, 4.69) is 35.2 Å². The lowest BCUT2D eigenvalue weighted by Crippen LogP contribution is -2.35. The van der Waals surface area contributed by atoms with Crippen LogP contribution in [-0.4, -0.2) is 24.3 Å². The minimum Gasteiger partial charge on any atom is -0.302 e. The van der Waals surface area contributed by atoms with Crippen molar-refractivity contribution in [2.24, 2.45) is 11.8 Å². The molecule has 1 aliphatic rings. The van der Waals surface area contributed by atoms with Gasteiger partial charge in [0.15, 0.2) is 0 Å². The number of carbonyl (C=O) groups excluding carboxylic acids is 1. The SMILES string of the molecule is N#CC(C=O)C1CCN(Cc2ccccc2)CC1. The van der Waals surface area contributed by atoms with Crippen LogP contribution in [0.1, 0.15) is 18.4 Å². The Morgan fingerprint density at radius 2 is 2.00 bits per heavy atom. The monoisotopic (exact) mass is 242 g/mol. The van der Waals surface area contributed by atoms with Crippen LogP contribution in [-0.2, 0) is 11.3 Å². The topological polar surface area (TPSA) is 44.1 Å². The van der Waals surface area contributed by atoms with Crippen LogP contribution in [0.4, 0.5) is 0 Å². The van der Waals surface area contributed by atoms with E-state index in [1.165, 1.54) is 5.56 Å². The molecular formula is C15H18N2O. The molecule has 1 aromatic carbocycles. The molecule has 3 nitrogen and oxygen atoms in total. The molecule has 1 heterocycles. The number of benzene rings is 1. The summed E-state index contributed by atoms with van der Waals surface area (Å²) in [6.45, 7) is 2.92. The second-order valence-electron chi connectivity index (χ2n) is 4.89. The van der Waals surface area contributed by atoms with Gasteiger partial charge >= 0.3 is 0 Å². The van der Waals surface area contributed by atoms with E-state index in [1.54, 1.807) is 0 Å². The molecule has 0 spiro atoms. The fraction of sp³-hybridized carbons (Fsp3) is 0.467. The Labute approximate surface area is 108 Å². The molecule has 0 aromatic heterocycles. The van der Waals surface area contributed by atoms with Gasteiger partial charge in [-0.15, -0.1) is 0 Å². The van der Waals surface area contributed by atoms with E-state index in [1.807, 2.05) is 6.07 Å². The summed E-state index contributed by atoms with van der Waals surface area (Å²) in [4.78, 5) is 13.2. The maximum Gasteiger partial charge on any atom is 0.137 e. The number of rotatable bonds is 4. The van der Waals surface area contributed by atoms with E-state index in [9.17, 15) is 4.79 Å². The van der Waals surface area contributed by atoms with Gasteiger partial charge in [0.2, 0.25) is 0 Å². The van der Waals surface area contributed by atoms with Gasteiger partial charge in [-0.05, 0) is 37.4 Å². The van der Waals surface area contributed by atoms with Crippen LogP contribution < -0.4 is 0 Å². The molecule has 1 unspecified atom stereocenters. The van der Waals surface area contributed by atoms with Gasteiger partial charge in [-0.3, -0.25) is 4.90 Å². The van der Waals surface area contributed by atoms with Crippen molar-refractivity contribution in [1.29, 1.82) is 5.26 Å². The summed E-state index contributed by atoms with van der Waals surface area (Å²) in [6.07, 6.45) is 2.70. The minimum absolute atomic E-state index is 0.250. The second-order valence-corrected chi connectivity index (χ2v) is 4.89. The highest BCUT2D eigenvalue weighted by molar-refractivity contribution is 5.58. The third kappa shape index (κ3) is 3.18. The van der Waals surface area contributed by atoms with Crippen LogP contribution in [0.3, 0.4) is 0 Å². The zero-order valence-electron chi connectivity index (χ0n) is 10.5. The fourth-order valence-electron chi connectivity index (χ4n) is 2.56. The first-order valence-electron chi connectivity index (χ1n) is 6.44. The van der Waals surface area contributed by atoms with Gasteiger partial charge < -0.3 is 4.79 Å². The number of piperidine rings is 1. The molecule has 1 aromatic rings. The van der Waals surface area contributed by atoms with E-state index in [0.29, 0.717) is 0 Å². The van der Waals surface area contributed by atoms with Crippen LogP contribution in [0, 0.1) is 23.2 Å². The number of carbonyl (C=O) groups is 1. The average molecular weight is 242 g/mol. The highest BCUT2D eigenvalue weighted by atomic mass is 16.1. The summed E-state index contributed by atoms with van der Waals surface area (Å²) in [6, 6.07) is 12.5. The Morgan fingerprint density at radius 3 is 2.56 bits per heavy atom. The summed E-state index contributed by atoms with van der Waals surface area (Å²) in [5.41, 5.74) is 1.32. The standard InChI is InChI=1S/C15H18N2O/c16-10-15(12-18)14-6-8-17(9-7-14)11-13-4-2-1-3-5-13/h1-5,12,14-15H,6-9,11H2. The first kappa shape index (κ1) is 12.8. The molecule has 1 saturated heterocycles. The lowest BCUT2D eigenvalue weighted by atomic mass is 9.86. The molecule has 2 rings (SSSR count). The molecule has 0 saturated carbocycles. The molecule has 0 amide bonds. The molecule has 94 valence electrons. The predicted octanol–water partition coefficient (Wildman–Crippen LogP) is 2.24. The molecule has 1 aliphatic heterocycles. The van der Waals surface area contributed by atoms with Crippen LogP contribution in [0.2, 0.25) is 0 Å². The molecule has 0 radical (unpaired) electrons. The molecule has 3 heteroatoms. The van der Waals surface area contributed by atoms with Crippen molar-refractivity contribution in [2.45, 2.75) is 19.4 Å². The van der Waals surface area contributed by atoms with Crippen molar-refractivity contribution in [3.8, 4) is 6.07 Å². The van der Waals surface area contributed by atoms with Crippen molar-refractivity contribution >= 4 is 6.29 Å². The average Bonchev–Trinajstić information content (AvgIpc) is 2.43. The Morgan fingerprint density at radius 1 is 1.33 bits per heavy atom. The van der Waals surface area contributed by atoms with Gasteiger partial charge in [-0.1, -0.05) is 30.3 Å². The summed E-state index contributed by atoms with van der Waals surface area (Å²) < 4.78 is 0. The van der Waals surface area contributed by atoms with Crippen molar-refractivity contribution in [1.82, 2.24) is 4.90 Å². The van der Waals surface area contributed by atoms with Gasteiger partial charge in [-0.25, -0.2) is 0 Å².